The first-order valence-corrected chi connectivity index (χ1v) is 15.6. The van der Waals surface area contributed by atoms with E-state index in [9.17, 15) is 10.2 Å². The molecule has 44 heavy (non-hydrogen) atoms. The van der Waals surface area contributed by atoms with Gasteiger partial charge in [-0.05, 0) is 73.0 Å². The minimum atomic E-state index is 0.0347. The summed E-state index contributed by atoms with van der Waals surface area (Å²) >= 11 is 12.1. The molecule has 0 aliphatic carbocycles. The molecule has 14 heteroatoms. The second-order valence-corrected chi connectivity index (χ2v) is 8.99. The number of halogens is 1. The predicted octanol–water partition coefficient (Wildman–Crippen LogP) is 6.13. The van der Waals surface area contributed by atoms with Crippen LogP contribution in [0.4, 0.5) is 11.4 Å². The first-order chi connectivity index (χ1) is 21.4. The van der Waals surface area contributed by atoms with Crippen LogP contribution in [0.2, 0.25) is 0 Å². The molecule has 0 spiro atoms. The number of para-hydroxylation sites is 4. The number of ether oxygens (including phenoxy) is 2. The third kappa shape index (κ3) is 12.5. The fourth-order valence-electron chi connectivity index (χ4n) is 3.36. The van der Waals surface area contributed by atoms with Crippen LogP contribution < -0.4 is 31.0 Å². The third-order valence-corrected chi connectivity index (χ3v) is 5.67. The van der Waals surface area contributed by atoms with Crippen molar-refractivity contribution in [3.05, 3.63) is 108 Å². The number of nitrogens with one attached hydrogen (secondary N) is 4. The molecule has 4 aromatic carbocycles. The van der Waals surface area contributed by atoms with Crippen molar-refractivity contribution in [3.63, 3.8) is 0 Å². The Kier molecular flexibility index (Phi) is 16.8. The van der Waals surface area contributed by atoms with Crippen molar-refractivity contribution in [1.82, 2.24) is 10.9 Å². The topological polar surface area (TPSA) is 132 Å². The summed E-state index contributed by atoms with van der Waals surface area (Å²) in [7, 11) is 7.55. The molecule has 0 fully saturated rings. The summed E-state index contributed by atoms with van der Waals surface area (Å²) in [5, 5.41) is 34.3. The van der Waals surface area contributed by atoms with Gasteiger partial charge in [-0.2, -0.15) is 10.2 Å². The Balaban J connectivity index is 0.000000291. The van der Waals surface area contributed by atoms with E-state index < -0.39 is 0 Å². The molecule has 6 N–H and O–H groups in total. The van der Waals surface area contributed by atoms with Gasteiger partial charge >= 0.3 is 27.0 Å². The van der Waals surface area contributed by atoms with Crippen LogP contribution in [0.25, 0.3) is 0 Å². The number of nitrogens with zero attached hydrogens (tertiary/aromatic N) is 2. The molecule has 0 radical (unpaired) electrons. The van der Waals surface area contributed by atoms with Gasteiger partial charge in [0.25, 0.3) is 0 Å². The molecule has 0 heterocycles. The van der Waals surface area contributed by atoms with Gasteiger partial charge in [-0.1, -0.05) is 48.5 Å². The Morgan fingerprint density at radius 1 is 0.682 bits per heavy atom. The van der Waals surface area contributed by atoms with Gasteiger partial charge in [0.1, 0.15) is 0 Å². The zero-order valence-electron chi connectivity index (χ0n) is 23.5. The summed E-state index contributed by atoms with van der Waals surface area (Å²) in [5.41, 5.74) is 8.31. The van der Waals surface area contributed by atoms with Crippen molar-refractivity contribution in [3.8, 4) is 23.0 Å². The molecule has 231 valence electrons. The Bertz CT molecular complexity index is 1530. The average Bonchev–Trinajstić information content (AvgIpc) is 3.04. The fourth-order valence-corrected chi connectivity index (χ4v) is 3.70. The van der Waals surface area contributed by atoms with Crippen LogP contribution in [0.1, 0.15) is 11.1 Å². The molecule has 0 aliphatic heterocycles. The Morgan fingerprint density at radius 3 is 1.66 bits per heavy atom. The Labute approximate surface area is 280 Å². The summed E-state index contributed by atoms with van der Waals surface area (Å²) in [4.78, 5) is 0. The maximum atomic E-state index is 9.90. The molecule has 0 aliphatic rings. The number of phenols is 2. The van der Waals surface area contributed by atoms with Crippen LogP contribution in [0.5, 0.6) is 23.0 Å². The van der Waals surface area contributed by atoms with E-state index in [1.807, 2.05) is 78.0 Å². The van der Waals surface area contributed by atoms with Crippen molar-refractivity contribution in [2.75, 3.05) is 24.9 Å². The predicted molar refractivity (Wildman–Crippen MR) is 182 cm³/mol. The Hall–Kier alpha value is -4.29. The maximum absolute atomic E-state index is 9.90. The summed E-state index contributed by atoms with van der Waals surface area (Å²) in [5.74, 6) is 0.854. The number of hydrazone groups is 2. The quantitative estimate of drug-likeness (QED) is 0.0544. The number of hydrogen-bond acceptors (Lipinski definition) is 8. The molecule has 0 unspecified atom stereocenters. The molecular weight excluding hydrogens is 709 g/mol. The number of methoxy groups -OCH3 is 2. The monoisotopic (exact) mass is 739 g/mol. The summed E-state index contributed by atoms with van der Waals surface area (Å²) in [6.45, 7) is 0. The van der Waals surface area contributed by atoms with Gasteiger partial charge in [-0.15, -0.1) is 0 Å². The molecule has 0 atom stereocenters. The van der Waals surface area contributed by atoms with E-state index in [1.165, 1.54) is 26.6 Å². The van der Waals surface area contributed by atoms with Crippen LogP contribution in [0, 0.1) is 0 Å². The number of aromatic hydroxyl groups is 2. The van der Waals surface area contributed by atoms with E-state index in [0.717, 1.165) is 11.4 Å². The number of rotatable bonds is 8. The van der Waals surface area contributed by atoms with Crippen LogP contribution in [-0.4, -0.2) is 47.1 Å². The van der Waals surface area contributed by atoms with E-state index in [4.69, 9.17) is 33.9 Å². The molecular formula is C30H30ClN6O4RuS2. The van der Waals surface area contributed by atoms with Crippen molar-refractivity contribution < 1.29 is 37.0 Å². The van der Waals surface area contributed by atoms with Crippen molar-refractivity contribution >= 4 is 68.2 Å². The molecule has 0 aromatic heterocycles. The SMILES string of the molecule is COc1c(O)cccc1/C=N/NC(=S)Nc1ccccc1.COc1cccc(/C=N/NC(=S)Nc2ccccc2)c1O.[Cl][Ru]. The molecule has 10 nitrogen and oxygen atoms in total. The number of benzene rings is 4. The molecule has 0 saturated carbocycles. The second-order valence-electron chi connectivity index (χ2n) is 8.18. The van der Waals surface area contributed by atoms with Crippen LogP contribution >= 0.6 is 34.1 Å². The normalized spacial score (nSPS) is 10.0. The van der Waals surface area contributed by atoms with Crippen molar-refractivity contribution in [2.24, 2.45) is 10.2 Å². The van der Waals surface area contributed by atoms with Gasteiger partial charge in [-0.3, -0.25) is 10.9 Å². The first kappa shape index (κ1) is 35.9. The zero-order valence-corrected chi connectivity index (χ0v) is 27.7. The van der Waals surface area contributed by atoms with Gasteiger partial charge in [0, 0.05) is 22.5 Å². The number of anilines is 2. The van der Waals surface area contributed by atoms with Crippen molar-refractivity contribution in [1.29, 1.82) is 0 Å². The summed E-state index contributed by atoms with van der Waals surface area (Å²) in [6.07, 6.45) is 2.99. The molecule has 4 aromatic rings. The fraction of sp³-hybridized carbons (Fsp3) is 0.0667. The number of hydrogen-bond donors (Lipinski definition) is 6. The second kappa shape index (κ2) is 20.6. The van der Waals surface area contributed by atoms with E-state index in [2.05, 4.69) is 41.4 Å². The van der Waals surface area contributed by atoms with E-state index in [-0.39, 0.29) is 11.5 Å². The third-order valence-electron chi connectivity index (χ3n) is 5.28. The zero-order chi connectivity index (χ0) is 32.2. The van der Waals surface area contributed by atoms with Crippen LogP contribution in [0.3, 0.4) is 0 Å². The minimum absolute atomic E-state index is 0.0347. The van der Waals surface area contributed by atoms with Crippen LogP contribution in [-0.2, 0) is 17.3 Å². The number of thiocarbonyl (C=S) groups is 2. The molecule has 0 amide bonds. The summed E-state index contributed by atoms with van der Waals surface area (Å²) in [6, 6.07) is 29.2. The van der Waals surface area contributed by atoms with Gasteiger partial charge in [0.05, 0.1) is 26.6 Å². The molecule has 0 saturated heterocycles. The number of phenolic OH excluding ortho intramolecular Hbond substituents is 2. The van der Waals surface area contributed by atoms with Gasteiger partial charge in [0.15, 0.2) is 33.2 Å². The summed E-state index contributed by atoms with van der Waals surface area (Å²) < 4.78 is 10.1. The average molecular weight is 739 g/mol. The van der Waals surface area contributed by atoms with Crippen molar-refractivity contribution in [2.45, 2.75) is 0 Å². The van der Waals surface area contributed by atoms with Gasteiger partial charge in [0.2, 0.25) is 0 Å². The molecule has 4 rings (SSSR count). The first-order valence-electron chi connectivity index (χ1n) is 12.6. The van der Waals surface area contributed by atoms with E-state index in [0.29, 0.717) is 32.9 Å². The van der Waals surface area contributed by atoms with E-state index >= 15 is 0 Å². The standard InChI is InChI=1S/2C15H15N3O2S.ClH.Ru/c1-20-13-9-5-6-11(14(13)19)10-16-18-15(21)17-12-7-3-2-4-8-12;1-20-14-11(6-5-9-13(14)19)10-16-18-15(21)17-12-7-3-2-4-8-12;;/h2*2-10,19H,1H3,(H2,17,18,21);1H;/q;;;+1/p-1/b2*16-10+;;. The Morgan fingerprint density at radius 2 is 1.16 bits per heavy atom. The van der Waals surface area contributed by atoms with Gasteiger partial charge < -0.3 is 30.3 Å². The van der Waals surface area contributed by atoms with Gasteiger partial charge in [-0.25, -0.2) is 0 Å². The van der Waals surface area contributed by atoms with E-state index in [1.54, 1.807) is 36.4 Å². The molecule has 0 bridgehead atoms. The van der Waals surface area contributed by atoms with Crippen LogP contribution in [0.15, 0.2) is 107 Å².